The molecule has 2 amide bonds. The van der Waals surface area contributed by atoms with Gasteiger partial charge in [-0.15, -0.1) is 0 Å². The quantitative estimate of drug-likeness (QED) is 0.497. The molecule has 0 radical (unpaired) electrons. The third-order valence-corrected chi connectivity index (χ3v) is 5.15. The van der Waals surface area contributed by atoms with Crippen molar-refractivity contribution in [2.24, 2.45) is 4.99 Å². The van der Waals surface area contributed by atoms with Gasteiger partial charge in [0.2, 0.25) is 0 Å². The van der Waals surface area contributed by atoms with Crippen LogP contribution in [0.5, 0.6) is 0 Å². The zero-order valence-corrected chi connectivity index (χ0v) is 17.4. The molecule has 6 heteroatoms. The lowest BCUT2D eigenvalue weighted by Crippen LogP contribution is -2.30. The first-order valence-corrected chi connectivity index (χ1v) is 10.1. The molecule has 2 N–H and O–H groups in total. The molecule has 1 aliphatic rings. The molecule has 0 saturated heterocycles. The van der Waals surface area contributed by atoms with E-state index in [4.69, 9.17) is 0 Å². The van der Waals surface area contributed by atoms with Crippen LogP contribution in [0, 0.1) is 18.3 Å². The van der Waals surface area contributed by atoms with Gasteiger partial charge in [-0.2, -0.15) is 5.26 Å². The molecule has 1 heterocycles. The van der Waals surface area contributed by atoms with Gasteiger partial charge in [0.25, 0.3) is 11.8 Å². The molecule has 0 spiro atoms. The predicted octanol–water partition coefficient (Wildman–Crippen LogP) is 3.74. The van der Waals surface area contributed by atoms with E-state index in [1.165, 1.54) is 0 Å². The van der Waals surface area contributed by atoms with Gasteiger partial charge in [-0.25, -0.2) is 4.99 Å². The molecule has 0 bridgehead atoms. The van der Waals surface area contributed by atoms with Gasteiger partial charge < -0.3 is 10.6 Å². The number of amides is 2. The zero-order chi connectivity index (χ0) is 22.5. The number of benzene rings is 3. The van der Waals surface area contributed by atoms with Gasteiger partial charge in [-0.05, 0) is 24.1 Å². The number of fused-ring (bicyclic) bond motifs is 1. The Morgan fingerprint density at radius 3 is 2.28 bits per heavy atom. The third-order valence-electron chi connectivity index (χ3n) is 5.15. The molecule has 0 saturated carbocycles. The molecule has 4 rings (SSSR count). The lowest BCUT2D eigenvalue weighted by atomic mass is 10.0. The highest BCUT2D eigenvalue weighted by Gasteiger charge is 2.27. The molecule has 3 aromatic rings. The van der Waals surface area contributed by atoms with E-state index in [0.717, 1.165) is 11.1 Å². The second-order valence-electron chi connectivity index (χ2n) is 7.28. The average molecular weight is 420 g/mol. The molecule has 0 fully saturated rings. The maximum atomic E-state index is 12.8. The molecule has 156 valence electrons. The average Bonchev–Trinajstić information content (AvgIpc) is 3.17. The topological polar surface area (TPSA) is 94.3 Å². The SMILES string of the molecule is Cc1ccccc1C(=O)NC1=N/C(=C(\C#N)C(=O)NCc2ccccc2)c2ccccc21. The van der Waals surface area contributed by atoms with Crippen molar-refractivity contribution in [1.82, 2.24) is 10.6 Å². The van der Waals surface area contributed by atoms with E-state index in [1.807, 2.05) is 61.5 Å². The molecule has 1 aliphatic heterocycles. The van der Waals surface area contributed by atoms with Crippen LogP contribution in [0.15, 0.2) is 89.4 Å². The number of nitrogens with zero attached hydrogens (tertiary/aromatic N) is 2. The van der Waals surface area contributed by atoms with Crippen LogP contribution in [-0.4, -0.2) is 17.6 Å². The largest absolute Gasteiger partial charge is 0.347 e. The molecule has 32 heavy (non-hydrogen) atoms. The van der Waals surface area contributed by atoms with Crippen molar-refractivity contribution < 1.29 is 9.59 Å². The first-order chi connectivity index (χ1) is 15.6. The lowest BCUT2D eigenvalue weighted by molar-refractivity contribution is -0.117. The molecular formula is C26H20N4O2. The number of nitriles is 1. The Balaban J connectivity index is 1.65. The Morgan fingerprint density at radius 2 is 1.56 bits per heavy atom. The minimum Gasteiger partial charge on any atom is -0.347 e. The third kappa shape index (κ3) is 4.18. The summed E-state index contributed by atoms with van der Waals surface area (Å²) < 4.78 is 0. The van der Waals surface area contributed by atoms with E-state index in [0.29, 0.717) is 29.1 Å². The maximum absolute atomic E-state index is 12.8. The summed E-state index contributed by atoms with van der Waals surface area (Å²) in [5.41, 5.74) is 3.72. The fraction of sp³-hybridized carbons (Fsp3) is 0.0769. The molecular weight excluding hydrogens is 400 g/mol. The van der Waals surface area contributed by atoms with Crippen molar-refractivity contribution in [1.29, 1.82) is 5.26 Å². The van der Waals surface area contributed by atoms with Crippen LogP contribution >= 0.6 is 0 Å². The summed E-state index contributed by atoms with van der Waals surface area (Å²) >= 11 is 0. The Kier molecular flexibility index (Phi) is 5.91. The van der Waals surface area contributed by atoms with E-state index >= 15 is 0 Å². The summed E-state index contributed by atoms with van der Waals surface area (Å²) in [6.45, 7) is 2.15. The summed E-state index contributed by atoms with van der Waals surface area (Å²) in [6, 6.07) is 25.9. The second-order valence-corrected chi connectivity index (χ2v) is 7.28. The van der Waals surface area contributed by atoms with E-state index in [9.17, 15) is 14.9 Å². The summed E-state index contributed by atoms with van der Waals surface area (Å²) in [7, 11) is 0. The predicted molar refractivity (Wildman–Crippen MR) is 122 cm³/mol. The Labute approximate surface area is 185 Å². The first-order valence-electron chi connectivity index (χ1n) is 10.1. The summed E-state index contributed by atoms with van der Waals surface area (Å²) in [4.78, 5) is 30.1. The van der Waals surface area contributed by atoms with Crippen LogP contribution in [0.1, 0.15) is 32.6 Å². The normalized spacial score (nSPS) is 13.4. The zero-order valence-electron chi connectivity index (χ0n) is 17.4. The van der Waals surface area contributed by atoms with Crippen LogP contribution in [0.4, 0.5) is 0 Å². The monoisotopic (exact) mass is 420 g/mol. The second kappa shape index (κ2) is 9.11. The number of carbonyl (C=O) groups is 2. The van der Waals surface area contributed by atoms with Gasteiger partial charge in [0.05, 0.1) is 5.70 Å². The highest BCUT2D eigenvalue weighted by molar-refractivity contribution is 6.20. The summed E-state index contributed by atoms with van der Waals surface area (Å²) in [6.07, 6.45) is 0. The van der Waals surface area contributed by atoms with E-state index in [1.54, 1.807) is 30.3 Å². The lowest BCUT2D eigenvalue weighted by Gasteiger charge is -2.08. The van der Waals surface area contributed by atoms with Crippen molar-refractivity contribution in [2.45, 2.75) is 13.5 Å². The molecule has 0 atom stereocenters. The number of hydrogen-bond acceptors (Lipinski definition) is 4. The highest BCUT2D eigenvalue weighted by atomic mass is 16.2. The summed E-state index contributed by atoms with van der Waals surface area (Å²) in [5, 5.41) is 15.3. The number of amidine groups is 1. The van der Waals surface area contributed by atoms with Crippen LogP contribution in [0.3, 0.4) is 0 Å². The maximum Gasteiger partial charge on any atom is 0.264 e. The van der Waals surface area contributed by atoms with Crippen molar-refractivity contribution in [3.8, 4) is 6.07 Å². The molecule has 0 unspecified atom stereocenters. The number of rotatable bonds is 4. The van der Waals surface area contributed by atoms with Gasteiger partial charge in [0.15, 0.2) is 0 Å². The fourth-order valence-corrected chi connectivity index (χ4v) is 3.49. The van der Waals surface area contributed by atoms with Crippen LogP contribution in [0.2, 0.25) is 0 Å². The fourth-order valence-electron chi connectivity index (χ4n) is 3.49. The van der Waals surface area contributed by atoms with Gasteiger partial charge in [-0.1, -0.05) is 72.8 Å². The van der Waals surface area contributed by atoms with Crippen molar-refractivity contribution >= 4 is 23.3 Å². The van der Waals surface area contributed by atoms with Gasteiger partial charge in [-0.3, -0.25) is 9.59 Å². The highest BCUT2D eigenvalue weighted by Crippen LogP contribution is 2.30. The molecule has 3 aromatic carbocycles. The van der Waals surface area contributed by atoms with Gasteiger partial charge in [0, 0.05) is 23.2 Å². The van der Waals surface area contributed by atoms with Gasteiger partial charge in [0.1, 0.15) is 17.5 Å². The van der Waals surface area contributed by atoms with Crippen LogP contribution < -0.4 is 10.6 Å². The standard InChI is InChI=1S/C26H20N4O2/c1-17-9-5-6-12-19(17)26(32)30-24-21-14-8-7-13-20(21)23(29-24)22(15-27)25(31)28-16-18-10-3-2-4-11-18/h2-14H,16H2,1H3,(H,28,31)(H,29,30,32)/b23-22+. The Hall–Kier alpha value is -4.50. The minimum absolute atomic E-state index is 0.103. The Morgan fingerprint density at radius 1 is 0.906 bits per heavy atom. The number of hydrogen-bond donors (Lipinski definition) is 2. The van der Waals surface area contributed by atoms with Crippen molar-refractivity contribution in [3.63, 3.8) is 0 Å². The van der Waals surface area contributed by atoms with Crippen LogP contribution in [0.25, 0.3) is 5.70 Å². The number of aliphatic imine (C=N–C) groups is 1. The molecule has 0 aromatic heterocycles. The smallest absolute Gasteiger partial charge is 0.264 e. The molecule has 6 nitrogen and oxygen atoms in total. The van der Waals surface area contributed by atoms with Crippen molar-refractivity contribution in [3.05, 3.63) is 112 Å². The number of nitrogens with one attached hydrogen (secondary N) is 2. The van der Waals surface area contributed by atoms with Gasteiger partial charge >= 0.3 is 0 Å². The first kappa shape index (κ1) is 20.8. The summed E-state index contributed by atoms with van der Waals surface area (Å²) in [5.74, 6) is -0.506. The minimum atomic E-state index is -0.517. The number of aryl methyl sites for hydroxylation is 1. The molecule has 0 aliphatic carbocycles. The van der Waals surface area contributed by atoms with E-state index < -0.39 is 5.91 Å². The number of carbonyl (C=O) groups excluding carboxylic acids is 2. The van der Waals surface area contributed by atoms with Crippen molar-refractivity contribution in [2.75, 3.05) is 0 Å². The van der Waals surface area contributed by atoms with E-state index in [2.05, 4.69) is 15.6 Å². The van der Waals surface area contributed by atoms with Crippen LogP contribution in [-0.2, 0) is 11.3 Å². The van der Waals surface area contributed by atoms with E-state index in [-0.39, 0.29) is 17.2 Å². The Bertz CT molecular complexity index is 1300.